The van der Waals surface area contributed by atoms with E-state index in [1.807, 2.05) is 90.1 Å². The molecule has 0 atom stereocenters. The van der Waals surface area contributed by atoms with Gasteiger partial charge >= 0.3 is 0 Å². The van der Waals surface area contributed by atoms with Crippen molar-refractivity contribution in [3.8, 4) is 23.0 Å². The van der Waals surface area contributed by atoms with Crippen molar-refractivity contribution in [1.29, 1.82) is 0 Å². The van der Waals surface area contributed by atoms with Gasteiger partial charge in [0.25, 0.3) is 0 Å². The summed E-state index contributed by atoms with van der Waals surface area (Å²) in [5.74, 6) is 2.92. The number of Topliss-reactive ketones (excluding diaryl/α,β-unsaturated/α-hetero) is 1. The van der Waals surface area contributed by atoms with Crippen molar-refractivity contribution in [3.63, 3.8) is 0 Å². The summed E-state index contributed by atoms with van der Waals surface area (Å²) in [4.78, 5) is 13.3. The molecule has 0 amide bonds. The molecule has 5 nitrogen and oxygen atoms in total. The summed E-state index contributed by atoms with van der Waals surface area (Å²) in [6.07, 6.45) is 6.51. The van der Waals surface area contributed by atoms with Gasteiger partial charge in [-0.25, -0.2) is 0 Å². The van der Waals surface area contributed by atoms with E-state index in [1.165, 1.54) is 0 Å². The first-order valence-electron chi connectivity index (χ1n) is 12.6. The normalized spacial score (nSPS) is 16.3. The molecular weight excluding hydrogens is 440 g/mol. The maximum Gasteiger partial charge on any atom is 0.185 e. The fraction of sp³-hybridized carbons (Fsp3) is 0.433. The lowest BCUT2D eigenvalue weighted by Gasteiger charge is -2.18. The van der Waals surface area contributed by atoms with Gasteiger partial charge in [0.1, 0.15) is 0 Å². The van der Waals surface area contributed by atoms with E-state index in [0.717, 1.165) is 53.0 Å². The number of carbonyl (C=O) groups excluding carboxylic acids is 1. The fourth-order valence-electron chi connectivity index (χ4n) is 4.05. The summed E-state index contributed by atoms with van der Waals surface area (Å²) >= 11 is 0. The van der Waals surface area contributed by atoms with Crippen molar-refractivity contribution in [2.75, 3.05) is 13.2 Å². The van der Waals surface area contributed by atoms with Crippen LogP contribution in [-0.4, -0.2) is 31.2 Å². The van der Waals surface area contributed by atoms with Crippen molar-refractivity contribution < 1.29 is 23.7 Å². The first kappa shape index (κ1) is 26.4. The van der Waals surface area contributed by atoms with Gasteiger partial charge in [0.05, 0.1) is 25.4 Å². The van der Waals surface area contributed by atoms with Crippen LogP contribution in [0.3, 0.4) is 0 Å². The standard InChI is InChI=1S/C30H38O5/c1-7-32-28-18-22(12-14-26(28)34-20(3)4)16-24-10-9-11-25(30(24)31)17-23-13-15-27(35-21(5)6)29(19-23)33-8-2/h12-21H,7-11H2,1-6H3/b24-16-,25-17-. The van der Waals surface area contributed by atoms with Gasteiger partial charge in [0.15, 0.2) is 28.8 Å². The highest BCUT2D eigenvalue weighted by Gasteiger charge is 2.21. The fourth-order valence-corrected chi connectivity index (χ4v) is 4.05. The van der Waals surface area contributed by atoms with Gasteiger partial charge in [0, 0.05) is 11.1 Å². The van der Waals surface area contributed by atoms with Gasteiger partial charge < -0.3 is 18.9 Å². The van der Waals surface area contributed by atoms with E-state index in [0.29, 0.717) is 24.7 Å². The lowest BCUT2D eigenvalue weighted by Crippen LogP contribution is -2.12. The van der Waals surface area contributed by atoms with E-state index >= 15 is 0 Å². The molecule has 188 valence electrons. The van der Waals surface area contributed by atoms with Crippen molar-refractivity contribution in [2.24, 2.45) is 0 Å². The molecule has 0 aromatic heterocycles. The highest BCUT2D eigenvalue weighted by atomic mass is 16.5. The number of allylic oxidation sites excluding steroid dienone is 2. The lowest BCUT2D eigenvalue weighted by atomic mass is 9.87. The average Bonchev–Trinajstić information content (AvgIpc) is 2.80. The van der Waals surface area contributed by atoms with E-state index in [1.54, 1.807) is 0 Å². The predicted octanol–water partition coefficient (Wildman–Crippen LogP) is 7.28. The van der Waals surface area contributed by atoms with E-state index < -0.39 is 0 Å². The Morgan fingerprint density at radius 2 is 1.14 bits per heavy atom. The average molecular weight is 479 g/mol. The Bertz CT molecular complexity index is 995. The number of rotatable bonds is 10. The van der Waals surface area contributed by atoms with Crippen LogP contribution in [0.25, 0.3) is 12.2 Å². The molecule has 1 fully saturated rings. The molecule has 2 aromatic rings. The summed E-state index contributed by atoms with van der Waals surface area (Å²) < 4.78 is 23.3. The van der Waals surface area contributed by atoms with Crippen LogP contribution in [0.15, 0.2) is 47.5 Å². The summed E-state index contributed by atoms with van der Waals surface area (Å²) in [5, 5.41) is 0. The van der Waals surface area contributed by atoms with Crippen molar-refractivity contribution in [2.45, 2.75) is 73.0 Å². The summed E-state index contributed by atoms with van der Waals surface area (Å²) in [7, 11) is 0. The first-order valence-corrected chi connectivity index (χ1v) is 12.6. The van der Waals surface area contributed by atoms with Crippen LogP contribution in [0, 0.1) is 0 Å². The molecule has 3 rings (SSSR count). The molecule has 5 heteroatoms. The van der Waals surface area contributed by atoms with Crippen molar-refractivity contribution in [3.05, 3.63) is 58.7 Å². The van der Waals surface area contributed by atoms with Gasteiger partial charge in [-0.15, -0.1) is 0 Å². The number of ketones is 1. The minimum Gasteiger partial charge on any atom is -0.490 e. The molecule has 0 aliphatic heterocycles. The Morgan fingerprint density at radius 3 is 1.51 bits per heavy atom. The number of ether oxygens (including phenoxy) is 4. The number of hydrogen-bond donors (Lipinski definition) is 0. The molecule has 0 heterocycles. The minimum absolute atomic E-state index is 0.0558. The van der Waals surface area contributed by atoms with E-state index in [9.17, 15) is 4.79 Å². The van der Waals surface area contributed by atoms with Crippen LogP contribution in [0.2, 0.25) is 0 Å². The molecular formula is C30H38O5. The van der Waals surface area contributed by atoms with Gasteiger partial charge in [0.2, 0.25) is 0 Å². The van der Waals surface area contributed by atoms with Crippen LogP contribution >= 0.6 is 0 Å². The summed E-state index contributed by atoms with van der Waals surface area (Å²) in [6, 6.07) is 11.7. The Kier molecular flexibility index (Phi) is 9.41. The zero-order valence-corrected chi connectivity index (χ0v) is 21.9. The molecule has 2 aromatic carbocycles. The SMILES string of the molecule is CCOc1cc(/C=C2/CCC/C(=C/c3ccc(OC(C)C)c(OCC)c3)C2=O)ccc1OC(C)C. The maximum atomic E-state index is 13.3. The molecule has 35 heavy (non-hydrogen) atoms. The Labute approximate surface area is 209 Å². The molecule has 1 aliphatic rings. The largest absolute Gasteiger partial charge is 0.490 e. The molecule has 0 bridgehead atoms. The van der Waals surface area contributed by atoms with Gasteiger partial charge in [-0.3, -0.25) is 4.79 Å². The van der Waals surface area contributed by atoms with Gasteiger partial charge in [-0.2, -0.15) is 0 Å². The zero-order chi connectivity index (χ0) is 25.4. The molecule has 1 saturated carbocycles. The smallest absolute Gasteiger partial charge is 0.185 e. The Balaban J connectivity index is 1.87. The van der Waals surface area contributed by atoms with Crippen molar-refractivity contribution in [1.82, 2.24) is 0 Å². The van der Waals surface area contributed by atoms with Crippen LogP contribution in [0.4, 0.5) is 0 Å². The number of hydrogen-bond acceptors (Lipinski definition) is 5. The van der Waals surface area contributed by atoms with E-state index in [-0.39, 0.29) is 18.0 Å². The van der Waals surface area contributed by atoms with Crippen LogP contribution in [-0.2, 0) is 4.79 Å². The highest BCUT2D eigenvalue weighted by Crippen LogP contribution is 2.34. The summed E-state index contributed by atoms with van der Waals surface area (Å²) in [5.41, 5.74) is 3.49. The second-order valence-electron chi connectivity index (χ2n) is 9.13. The topological polar surface area (TPSA) is 54.0 Å². The molecule has 0 spiro atoms. The second kappa shape index (κ2) is 12.5. The number of carbonyl (C=O) groups is 1. The molecule has 1 aliphatic carbocycles. The molecule has 0 unspecified atom stereocenters. The third-order valence-electron chi connectivity index (χ3n) is 5.42. The third-order valence-corrected chi connectivity index (χ3v) is 5.42. The first-order chi connectivity index (χ1) is 16.8. The highest BCUT2D eigenvalue weighted by molar-refractivity contribution is 6.14. The minimum atomic E-state index is 0.0558. The van der Waals surface area contributed by atoms with E-state index in [2.05, 4.69) is 0 Å². The van der Waals surface area contributed by atoms with E-state index in [4.69, 9.17) is 18.9 Å². The lowest BCUT2D eigenvalue weighted by molar-refractivity contribution is -0.112. The van der Waals surface area contributed by atoms with Crippen LogP contribution in [0.1, 0.15) is 71.9 Å². The molecule has 0 radical (unpaired) electrons. The molecule has 0 saturated heterocycles. The monoisotopic (exact) mass is 478 g/mol. The quantitative estimate of drug-likeness (QED) is 0.336. The predicted molar refractivity (Wildman–Crippen MR) is 142 cm³/mol. The van der Waals surface area contributed by atoms with Gasteiger partial charge in [-0.05, 0) is 108 Å². The van der Waals surface area contributed by atoms with Crippen molar-refractivity contribution >= 4 is 17.9 Å². The maximum absolute atomic E-state index is 13.3. The summed E-state index contributed by atoms with van der Waals surface area (Å²) in [6.45, 7) is 12.9. The van der Waals surface area contributed by atoms with Gasteiger partial charge in [-0.1, -0.05) is 12.1 Å². The van der Waals surface area contributed by atoms with Crippen LogP contribution < -0.4 is 18.9 Å². The zero-order valence-electron chi connectivity index (χ0n) is 21.9. The molecule has 0 N–H and O–H groups in total. The Hall–Kier alpha value is -3.21. The third kappa shape index (κ3) is 7.38. The Morgan fingerprint density at radius 1 is 0.714 bits per heavy atom. The second-order valence-corrected chi connectivity index (χ2v) is 9.13. The number of benzene rings is 2. The van der Waals surface area contributed by atoms with Crippen LogP contribution in [0.5, 0.6) is 23.0 Å².